The third-order valence-electron chi connectivity index (χ3n) is 7.52. The van der Waals surface area contributed by atoms with Crippen molar-refractivity contribution in [1.82, 2.24) is 20.1 Å². The molecule has 3 aliphatic rings. The number of nitrogens with one attached hydrogen (secondary N) is 1. The molecule has 3 atom stereocenters. The van der Waals surface area contributed by atoms with Crippen LogP contribution in [-0.2, 0) is 14.3 Å². The van der Waals surface area contributed by atoms with Gasteiger partial charge in [0.25, 0.3) is 5.91 Å². The number of Topliss-reactive ketones (excluding diaryl/α,β-unsaturated/α-hetero) is 1. The molecule has 0 radical (unpaired) electrons. The zero-order chi connectivity index (χ0) is 27.0. The maximum absolute atomic E-state index is 13.6. The first-order chi connectivity index (χ1) is 18.1. The fraction of sp³-hybridized carbons (Fsp3) is 0.586. The van der Waals surface area contributed by atoms with Crippen molar-refractivity contribution in [3.63, 3.8) is 0 Å². The molecule has 5 rings (SSSR count). The predicted molar refractivity (Wildman–Crippen MR) is 175 cm³/mol. The Balaban J connectivity index is 0.00000196. The summed E-state index contributed by atoms with van der Waals surface area (Å²) in [6.07, 6.45) is 0.881. The lowest BCUT2D eigenvalue weighted by Crippen LogP contribution is -2.53. The lowest BCUT2D eigenvalue weighted by molar-refractivity contribution is -0.138. The molecule has 1 aromatic heterocycles. The number of likely N-dealkylation sites (N-methyl/N-ethyl adjacent to an activating group) is 1. The normalized spacial score (nSPS) is 21.3. The molecule has 3 fully saturated rings. The molecule has 0 spiro atoms. The number of ketones is 1. The molecule has 3 saturated heterocycles. The van der Waals surface area contributed by atoms with E-state index in [0.29, 0.717) is 24.9 Å². The van der Waals surface area contributed by atoms with Crippen molar-refractivity contribution >= 4 is 61.1 Å². The molecule has 2 aromatic rings. The number of carbonyl (C=O) groups excluding carboxylic acids is 3. The maximum atomic E-state index is 13.6. The standard InChI is InChI=1S/C28H37N5O4S.CH4.2H2S/c1-28(2,3)15-20(26(36)33-10-9-23-24(33)22(34)16-37-23)29-25(35)19-7-5-18(6-8-19)21-17-38-27(30-21)32-13-11-31(4)12-14-32;;;/h5-8,17,20,23-24H,9-16H2,1-4H3,(H,29,35);1H4;2*1H2/t20-,23+,24+;;;/m0.../s1. The SMILES string of the molecule is C.CN1CCN(c2nc(-c3ccc(C(=O)N[C@@H](CC(C)(C)C)C(=O)N4CC[C@H]5OCC(=O)[C@H]54)cc3)cs2)CC1.S.S. The van der Waals surface area contributed by atoms with Crippen LogP contribution in [-0.4, -0.2) is 96.9 Å². The van der Waals surface area contributed by atoms with E-state index in [1.165, 1.54) is 0 Å². The van der Waals surface area contributed by atoms with E-state index in [-0.39, 0.29) is 70.1 Å². The van der Waals surface area contributed by atoms with Gasteiger partial charge < -0.3 is 24.8 Å². The van der Waals surface area contributed by atoms with Crippen molar-refractivity contribution < 1.29 is 19.1 Å². The fourth-order valence-electron chi connectivity index (χ4n) is 5.43. The third-order valence-corrected chi connectivity index (χ3v) is 8.43. The van der Waals surface area contributed by atoms with Crippen LogP contribution in [0.1, 0.15) is 51.4 Å². The lowest BCUT2D eigenvalue weighted by Gasteiger charge is -2.32. The van der Waals surface area contributed by atoms with Gasteiger partial charge in [0.2, 0.25) is 5.91 Å². The molecule has 12 heteroatoms. The summed E-state index contributed by atoms with van der Waals surface area (Å²) in [6, 6.07) is 6.10. The molecule has 1 aromatic carbocycles. The minimum Gasteiger partial charge on any atom is -0.368 e. The van der Waals surface area contributed by atoms with Gasteiger partial charge in [-0.1, -0.05) is 40.3 Å². The monoisotopic (exact) mass is 623 g/mol. The molecule has 1 N–H and O–H groups in total. The maximum Gasteiger partial charge on any atom is 0.251 e. The van der Waals surface area contributed by atoms with Gasteiger partial charge in [-0.05, 0) is 37.4 Å². The van der Waals surface area contributed by atoms with E-state index in [1.807, 2.05) is 32.9 Å². The summed E-state index contributed by atoms with van der Waals surface area (Å²) < 4.78 is 5.55. The van der Waals surface area contributed by atoms with E-state index < -0.39 is 12.1 Å². The number of nitrogens with zero attached hydrogens (tertiary/aromatic N) is 4. The molecule has 41 heavy (non-hydrogen) atoms. The van der Waals surface area contributed by atoms with Crippen LogP contribution >= 0.6 is 38.3 Å². The second-order valence-electron chi connectivity index (χ2n) is 11.8. The Hall–Kier alpha value is -2.12. The van der Waals surface area contributed by atoms with Crippen LogP contribution in [0.2, 0.25) is 0 Å². The number of benzene rings is 1. The summed E-state index contributed by atoms with van der Waals surface area (Å²) in [5.74, 6) is -0.578. The van der Waals surface area contributed by atoms with E-state index in [4.69, 9.17) is 9.72 Å². The number of piperazine rings is 1. The highest BCUT2D eigenvalue weighted by atomic mass is 32.1. The zero-order valence-electron chi connectivity index (χ0n) is 23.6. The van der Waals surface area contributed by atoms with Gasteiger partial charge in [-0.2, -0.15) is 27.0 Å². The molecule has 9 nitrogen and oxygen atoms in total. The number of carbonyl (C=O) groups is 3. The summed E-state index contributed by atoms with van der Waals surface area (Å²) in [7, 11) is 2.14. The molecule has 3 aliphatic heterocycles. The van der Waals surface area contributed by atoms with E-state index in [9.17, 15) is 14.4 Å². The van der Waals surface area contributed by atoms with Gasteiger partial charge in [-0.25, -0.2) is 4.98 Å². The van der Waals surface area contributed by atoms with Gasteiger partial charge in [0.05, 0.1) is 11.8 Å². The Morgan fingerprint density at radius 2 is 1.76 bits per heavy atom. The number of amides is 2. The van der Waals surface area contributed by atoms with Crippen LogP contribution < -0.4 is 10.2 Å². The molecular weight excluding hydrogens is 579 g/mol. The highest BCUT2D eigenvalue weighted by molar-refractivity contribution is 7.59. The first-order valence-electron chi connectivity index (χ1n) is 13.3. The number of ether oxygens (including phenoxy) is 1. The minimum atomic E-state index is -0.723. The van der Waals surface area contributed by atoms with E-state index in [1.54, 1.807) is 28.4 Å². The molecule has 228 valence electrons. The highest BCUT2D eigenvalue weighted by Gasteiger charge is 2.48. The number of anilines is 1. The first-order valence-corrected chi connectivity index (χ1v) is 14.2. The molecule has 4 heterocycles. The summed E-state index contributed by atoms with van der Waals surface area (Å²) in [4.78, 5) is 50.2. The number of hydrogen-bond acceptors (Lipinski definition) is 8. The average Bonchev–Trinajstić information content (AvgIpc) is 3.61. The molecule has 0 unspecified atom stereocenters. The number of fused-ring (bicyclic) bond motifs is 1. The Bertz CT molecular complexity index is 1190. The molecule has 0 aliphatic carbocycles. The smallest absolute Gasteiger partial charge is 0.251 e. The van der Waals surface area contributed by atoms with Gasteiger partial charge in [0, 0.05) is 49.2 Å². The van der Waals surface area contributed by atoms with Crippen molar-refractivity contribution in [3.05, 3.63) is 35.2 Å². The topological polar surface area (TPSA) is 95.1 Å². The summed E-state index contributed by atoms with van der Waals surface area (Å²) in [6.45, 7) is 10.6. The van der Waals surface area contributed by atoms with Crippen LogP contribution in [0, 0.1) is 5.41 Å². The summed E-state index contributed by atoms with van der Waals surface area (Å²) >= 11 is 1.64. The second-order valence-corrected chi connectivity index (χ2v) is 12.6. The zero-order valence-corrected chi connectivity index (χ0v) is 26.4. The average molecular weight is 624 g/mol. The van der Waals surface area contributed by atoms with Crippen molar-refractivity contribution in [2.24, 2.45) is 5.41 Å². The lowest BCUT2D eigenvalue weighted by atomic mass is 9.87. The molecular formula is C29H45N5O4S3. The van der Waals surface area contributed by atoms with Gasteiger partial charge >= 0.3 is 0 Å². The van der Waals surface area contributed by atoms with E-state index in [0.717, 1.165) is 42.6 Å². The van der Waals surface area contributed by atoms with Gasteiger partial charge in [0.1, 0.15) is 18.7 Å². The van der Waals surface area contributed by atoms with Crippen LogP contribution in [0.25, 0.3) is 11.3 Å². The third kappa shape index (κ3) is 8.04. The first kappa shape index (κ1) is 35.1. The Kier molecular flexibility index (Phi) is 12.3. The Labute approximate surface area is 261 Å². The van der Waals surface area contributed by atoms with Crippen molar-refractivity contribution in [2.45, 2.75) is 59.2 Å². The van der Waals surface area contributed by atoms with E-state index >= 15 is 0 Å². The van der Waals surface area contributed by atoms with Crippen molar-refractivity contribution in [2.75, 3.05) is 51.3 Å². The van der Waals surface area contributed by atoms with Gasteiger partial charge in [-0.3, -0.25) is 14.4 Å². The van der Waals surface area contributed by atoms with Gasteiger partial charge in [-0.15, -0.1) is 11.3 Å². The predicted octanol–water partition coefficient (Wildman–Crippen LogP) is 3.53. The number of likely N-dealkylation sites (tertiary alicyclic amines) is 1. The molecule has 0 bridgehead atoms. The second kappa shape index (κ2) is 14.4. The Morgan fingerprint density at radius 1 is 1.10 bits per heavy atom. The molecule has 0 saturated carbocycles. The van der Waals surface area contributed by atoms with Crippen LogP contribution in [0.5, 0.6) is 0 Å². The number of thiazole rings is 1. The number of aromatic nitrogens is 1. The van der Waals surface area contributed by atoms with Crippen molar-refractivity contribution in [1.29, 1.82) is 0 Å². The van der Waals surface area contributed by atoms with Crippen LogP contribution in [0.15, 0.2) is 29.6 Å². The number of hydrogen-bond donors (Lipinski definition) is 1. The number of rotatable bonds is 6. The largest absolute Gasteiger partial charge is 0.368 e. The van der Waals surface area contributed by atoms with Crippen LogP contribution in [0.4, 0.5) is 5.13 Å². The van der Waals surface area contributed by atoms with Gasteiger partial charge in [0.15, 0.2) is 10.9 Å². The quantitative estimate of drug-likeness (QED) is 0.526. The Morgan fingerprint density at radius 3 is 2.39 bits per heavy atom. The summed E-state index contributed by atoms with van der Waals surface area (Å²) in [5, 5.41) is 6.04. The van der Waals surface area contributed by atoms with Crippen LogP contribution in [0.3, 0.4) is 0 Å². The van der Waals surface area contributed by atoms with Crippen molar-refractivity contribution in [3.8, 4) is 11.3 Å². The summed E-state index contributed by atoms with van der Waals surface area (Å²) in [5.41, 5.74) is 2.13. The van der Waals surface area contributed by atoms with E-state index in [2.05, 4.69) is 27.5 Å². The molecule has 2 amide bonds. The minimum absolute atomic E-state index is 0. The fourth-order valence-corrected chi connectivity index (χ4v) is 6.32. The highest BCUT2D eigenvalue weighted by Crippen LogP contribution is 2.31.